The van der Waals surface area contributed by atoms with E-state index in [1.54, 1.807) is 0 Å². The first-order chi connectivity index (χ1) is 6.99. The van der Waals surface area contributed by atoms with Gasteiger partial charge in [-0.05, 0) is 12.1 Å². The monoisotopic (exact) mass is 217 g/mol. The van der Waals surface area contributed by atoms with Crippen LogP contribution in [0.2, 0.25) is 0 Å². The number of nitrogens with two attached hydrogens (primary N) is 1. The summed E-state index contributed by atoms with van der Waals surface area (Å²) in [7, 11) is 1.19. The molecule has 15 heavy (non-hydrogen) atoms. The van der Waals surface area contributed by atoms with Crippen LogP contribution in [0.3, 0.4) is 0 Å². The summed E-state index contributed by atoms with van der Waals surface area (Å²) < 4.78 is 31.2. The van der Waals surface area contributed by atoms with Gasteiger partial charge in [0.1, 0.15) is 11.9 Å². The number of carbonyl (C=O) groups is 1. The Kier molecular flexibility index (Phi) is 3.21. The Morgan fingerprint density at radius 1 is 1.53 bits per heavy atom. The largest absolute Gasteiger partial charge is 0.494 e. The van der Waals surface area contributed by atoms with Gasteiger partial charge in [0.05, 0.1) is 12.7 Å². The van der Waals surface area contributed by atoms with E-state index in [0.29, 0.717) is 0 Å². The van der Waals surface area contributed by atoms with Gasteiger partial charge in [-0.25, -0.2) is 8.78 Å². The molecular weight excluding hydrogens is 208 g/mol. The van der Waals surface area contributed by atoms with Crippen LogP contribution < -0.4 is 10.5 Å². The van der Waals surface area contributed by atoms with E-state index >= 15 is 0 Å². The lowest BCUT2D eigenvalue weighted by Gasteiger charge is -2.11. The fourth-order valence-corrected chi connectivity index (χ4v) is 1.12. The minimum absolute atomic E-state index is 0.247. The second-order valence-corrected chi connectivity index (χ2v) is 2.79. The summed E-state index contributed by atoms with van der Waals surface area (Å²) in [5, 5.41) is 8.55. The SMILES string of the molecule is COc1ccc(F)c([C@H](N)C(=O)O)c1F. The summed E-state index contributed by atoms with van der Waals surface area (Å²) in [6, 6.07) is 0.211. The Balaban J connectivity index is 3.32. The molecule has 6 heteroatoms. The van der Waals surface area contributed by atoms with Crippen LogP contribution in [0.1, 0.15) is 11.6 Å². The number of carboxylic acids is 1. The van der Waals surface area contributed by atoms with Crippen molar-refractivity contribution in [1.29, 1.82) is 0 Å². The Hall–Kier alpha value is -1.69. The van der Waals surface area contributed by atoms with Gasteiger partial charge in [-0.3, -0.25) is 4.79 Å². The highest BCUT2D eigenvalue weighted by atomic mass is 19.1. The van der Waals surface area contributed by atoms with E-state index in [-0.39, 0.29) is 5.75 Å². The Morgan fingerprint density at radius 3 is 2.60 bits per heavy atom. The first-order valence-electron chi connectivity index (χ1n) is 3.99. The predicted octanol–water partition coefficient (Wildman–Crippen LogP) is 1.06. The number of benzene rings is 1. The number of hydrogen-bond donors (Lipinski definition) is 2. The highest BCUT2D eigenvalue weighted by Crippen LogP contribution is 2.26. The lowest BCUT2D eigenvalue weighted by molar-refractivity contribution is -0.138. The molecule has 0 spiro atoms. The molecule has 0 aliphatic rings. The Bertz CT molecular complexity index is 395. The van der Waals surface area contributed by atoms with Crippen LogP contribution in [0.25, 0.3) is 0 Å². The minimum atomic E-state index is -1.75. The highest BCUT2D eigenvalue weighted by Gasteiger charge is 2.25. The smallest absolute Gasteiger partial charge is 0.325 e. The fraction of sp³-hybridized carbons (Fsp3) is 0.222. The van der Waals surface area contributed by atoms with Crippen LogP contribution in [-0.2, 0) is 4.79 Å². The third-order valence-corrected chi connectivity index (χ3v) is 1.89. The molecule has 0 saturated carbocycles. The normalized spacial score (nSPS) is 12.3. The number of aliphatic carboxylic acids is 1. The molecule has 0 aliphatic heterocycles. The molecular formula is C9H9F2NO3. The van der Waals surface area contributed by atoms with Crippen molar-refractivity contribution < 1.29 is 23.4 Å². The molecule has 82 valence electrons. The van der Waals surface area contributed by atoms with Crippen molar-refractivity contribution in [3.05, 3.63) is 29.3 Å². The minimum Gasteiger partial charge on any atom is -0.494 e. The quantitative estimate of drug-likeness (QED) is 0.793. The number of carboxylic acid groups (broad SMARTS) is 1. The van der Waals surface area contributed by atoms with Gasteiger partial charge in [0, 0.05) is 0 Å². The molecule has 1 rings (SSSR count). The van der Waals surface area contributed by atoms with Gasteiger partial charge < -0.3 is 15.6 Å². The zero-order chi connectivity index (χ0) is 11.6. The van der Waals surface area contributed by atoms with Gasteiger partial charge in [0.2, 0.25) is 0 Å². The van der Waals surface area contributed by atoms with E-state index < -0.39 is 29.2 Å². The lowest BCUT2D eigenvalue weighted by atomic mass is 10.1. The van der Waals surface area contributed by atoms with Crippen molar-refractivity contribution in [2.75, 3.05) is 7.11 Å². The number of rotatable bonds is 3. The van der Waals surface area contributed by atoms with Gasteiger partial charge in [-0.1, -0.05) is 0 Å². The Labute approximate surface area is 84.3 Å². The summed E-state index contributed by atoms with van der Waals surface area (Å²) in [5.41, 5.74) is 4.42. The van der Waals surface area contributed by atoms with Crippen molar-refractivity contribution in [3.8, 4) is 5.75 Å². The fourth-order valence-electron chi connectivity index (χ4n) is 1.12. The number of ether oxygens (including phenoxy) is 1. The molecule has 0 amide bonds. The average molecular weight is 217 g/mol. The lowest BCUT2D eigenvalue weighted by Crippen LogP contribution is -2.23. The molecule has 0 aliphatic carbocycles. The van der Waals surface area contributed by atoms with E-state index in [0.717, 1.165) is 12.1 Å². The summed E-state index contributed by atoms with van der Waals surface area (Å²) in [5.74, 6) is -3.86. The van der Waals surface area contributed by atoms with Gasteiger partial charge in [-0.15, -0.1) is 0 Å². The van der Waals surface area contributed by atoms with Crippen molar-refractivity contribution >= 4 is 5.97 Å². The predicted molar refractivity (Wildman–Crippen MR) is 47.5 cm³/mol. The maximum absolute atomic E-state index is 13.4. The summed E-state index contributed by atoms with van der Waals surface area (Å²) in [6.07, 6.45) is 0. The maximum Gasteiger partial charge on any atom is 0.325 e. The topological polar surface area (TPSA) is 72.5 Å². The van der Waals surface area contributed by atoms with E-state index in [1.807, 2.05) is 0 Å². The van der Waals surface area contributed by atoms with Gasteiger partial charge in [0.25, 0.3) is 0 Å². The van der Waals surface area contributed by atoms with Crippen LogP contribution in [0.15, 0.2) is 12.1 Å². The zero-order valence-corrected chi connectivity index (χ0v) is 7.83. The van der Waals surface area contributed by atoms with Crippen LogP contribution in [0.4, 0.5) is 8.78 Å². The third kappa shape index (κ3) is 2.04. The molecule has 1 atom stereocenters. The Morgan fingerprint density at radius 2 is 2.13 bits per heavy atom. The van der Waals surface area contributed by atoms with Crippen LogP contribution in [0.5, 0.6) is 5.75 Å². The number of methoxy groups -OCH3 is 1. The summed E-state index contributed by atoms with van der Waals surface area (Å²) in [4.78, 5) is 10.5. The van der Waals surface area contributed by atoms with Crippen molar-refractivity contribution in [1.82, 2.24) is 0 Å². The van der Waals surface area contributed by atoms with E-state index in [4.69, 9.17) is 10.8 Å². The highest BCUT2D eigenvalue weighted by molar-refractivity contribution is 5.75. The van der Waals surface area contributed by atoms with Crippen LogP contribution in [-0.4, -0.2) is 18.2 Å². The van der Waals surface area contributed by atoms with E-state index in [9.17, 15) is 13.6 Å². The third-order valence-electron chi connectivity index (χ3n) is 1.89. The summed E-state index contributed by atoms with van der Waals surface area (Å²) >= 11 is 0. The van der Waals surface area contributed by atoms with Crippen LogP contribution in [0, 0.1) is 11.6 Å². The molecule has 4 nitrogen and oxygen atoms in total. The van der Waals surface area contributed by atoms with Gasteiger partial charge in [-0.2, -0.15) is 0 Å². The molecule has 1 aromatic carbocycles. The van der Waals surface area contributed by atoms with Crippen molar-refractivity contribution in [3.63, 3.8) is 0 Å². The van der Waals surface area contributed by atoms with Crippen molar-refractivity contribution in [2.45, 2.75) is 6.04 Å². The first-order valence-corrected chi connectivity index (χ1v) is 3.99. The molecule has 0 radical (unpaired) electrons. The molecule has 0 aromatic heterocycles. The van der Waals surface area contributed by atoms with Crippen molar-refractivity contribution in [2.24, 2.45) is 5.73 Å². The van der Waals surface area contributed by atoms with E-state index in [1.165, 1.54) is 7.11 Å². The standard InChI is InChI=1S/C9H9F2NO3/c1-15-5-3-2-4(10)6(7(5)11)8(12)9(13)14/h2-3,8H,12H2,1H3,(H,13,14)/t8-/m0/s1. The number of hydrogen-bond acceptors (Lipinski definition) is 3. The number of halogens is 2. The molecule has 3 N–H and O–H groups in total. The zero-order valence-electron chi connectivity index (χ0n) is 7.83. The average Bonchev–Trinajstić information content (AvgIpc) is 2.17. The van der Waals surface area contributed by atoms with Crippen LogP contribution >= 0.6 is 0 Å². The molecule has 0 bridgehead atoms. The molecule has 0 heterocycles. The maximum atomic E-state index is 13.4. The summed E-state index contributed by atoms with van der Waals surface area (Å²) in [6.45, 7) is 0. The molecule has 1 aromatic rings. The van der Waals surface area contributed by atoms with E-state index in [2.05, 4.69) is 4.74 Å². The second-order valence-electron chi connectivity index (χ2n) is 2.79. The first kappa shape index (κ1) is 11.4. The van der Waals surface area contributed by atoms with Gasteiger partial charge >= 0.3 is 5.97 Å². The molecule has 0 unspecified atom stereocenters. The molecule has 0 fully saturated rings. The van der Waals surface area contributed by atoms with Gasteiger partial charge in [0.15, 0.2) is 11.6 Å². The molecule has 0 saturated heterocycles. The second kappa shape index (κ2) is 4.22.